The molecule has 1 aromatic rings. The minimum atomic E-state index is -0.581. The Balaban J connectivity index is 1.22. The van der Waals surface area contributed by atoms with Crippen molar-refractivity contribution in [3.05, 3.63) is 34.9 Å². The number of carbonyl (C=O) groups excluding carboxylic acids is 3. The number of rotatable bonds is 4. The first-order valence-electron chi connectivity index (χ1n) is 10.8. The molecule has 162 valence electrons. The van der Waals surface area contributed by atoms with Crippen molar-refractivity contribution in [1.82, 2.24) is 25.3 Å². The monoisotopic (exact) mass is 422 g/mol. The van der Waals surface area contributed by atoms with Crippen LogP contribution in [-0.4, -0.2) is 83.3 Å². The van der Waals surface area contributed by atoms with E-state index in [9.17, 15) is 19.6 Å². The SMILES string of the molecule is N#CC1(N2CCN(Cc3ccc4c(c3)CN(C3CCC(=O)NC3=O)C4=O)CC2)CNC1. The number of nitrogens with zero attached hydrogens (tertiary/aromatic N) is 4. The molecule has 4 aliphatic rings. The lowest BCUT2D eigenvalue weighted by Crippen LogP contribution is -2.70. The van der Waals surface area contributed by atoms with Crippen LogP contribution in [0.2, 0.25) is 0 Å². The number of piperidine rings is 1. The highest BCUT2D eigenvalue weighted by Crippen LogP contribution is 2.29. The summed E-state index contributed by atoms with van der Waals surface area (Å²) in [5.41, 5.74) is 2.39. The quantitative estimate of drug-likeness (QED) is 0.626. The molecule has 0 bridgehead atoms. The van der Waals surface area contributed by atoms with Gasteiger partial charge in [-0.3, -0.25) is 29.5 Å². The first-order valence-corrected chi connectivity index (χ1v) is 10.8. The zero-order valence-corrected chi connectivity index (χ0v) is 17.4. The number of hydrogen-bond acceptors (Lipinski definition) is 7. The molecule has 1 unspecified atom stereocenters. The summed E-state index contributed by atoms with van der Waals surface area (Å²) in [4.78, 5) is 42.7. The Morgan fingerprint density at radius 3 is 2.55 bits per heavy atom. The summed E-state index contributed by atoms with van der Waals surface area (Å²) >= 11 is 0. The molecule has 0 radical (unpaired) electrons. The highest BCUT2D eigenvalue weighted by molar-refractivity contribution is 6.05. The predicted octanol–water partition coefficient (Wildman–Crippen LogP) is -0.569. The van der Waals surface area contributed by atoms with E-state index in [1.165, 1.54) is 0 Å². The van der Waals surface area contributed by atoms with E-state index in [0.29, 0.717) is 18.5 Å². The highest BCUT2D eigenvalue weighted by Gasteiger charge is 2.44. The smallest absolute Gasteiger partial charge is 0.255 e. The van der Waals surface area contributed by atoms with Crippen LogP contribution in [0.4, 0.5) is 0 Å². The van der Waals surface area contributed by atoms with Crippen LogP contribution in [0.5, 0.6) is 0 Å². The van der Waals surface area contributed by atoms with Crippen LogP contribution < -0.4 is 10.6 Å². The van der Waals surface area contributed by atoms with E-state index < -0.39 is 6.04 Å². The molecular weight excluding hydrogens is 396 g/mol. The Hall–Kier alpha value is -2.80. The van der Waals surface area contributed by atoms with Gasteiger partial charge in [-0.15, -0.1) is 0 Å². The van der Waals surface area contributed by atoms with Crippen molar-refractivity contribution in [2.45, 2.75) is 37.5 Å². The molecule has 0 aliphatic carbocycles. The maximum Gasteiger partial charge on any atom is 0.255 e. The van der Waals surface area contributed by atoms with Crippen LogP contribution in [0.3, 0.4) is 0 Å². The minimum absolute atomic E-state index is 0.138. The average molecular weight is 422 g/mol. The number of amides is 3. The molecule has 4 aliphatic heterocycles. The molecule has 9 nitrogen and oxygen atoms in total. The predicted molar refractivity (Wildman–Crippen MR) is 111 cm³/mol. The summed E-state index contributed by atoms with van der Waals surface area (Å²) in [6.07, 6.45) is 0.637. The number of benzene rings is 1. The Morgan fingerprint density at radius 2 is 1.90 bits per heavy atom. The second-order valence-electron chi connectivity index (χ2n) is 8.90. The molecule has 5 rings (SSSR count). The van der Waals surface area contributed by atoms with Crippen LogP contribution in [0.1, 0.15) is 34.3 Å². The minimum Gasteiger partial charge on any atom is -0.322 e. The molecule has 31 heavy (non-hydrogen) atoms. The third-order valence-electron chi connectivity index (χ3n) is 7.01. The standard InChI is InChI=1S/C22H26N6O3/c23-12-22(13-24-14-22)27-7-5-26(6-8-27)10-15-1-2-17-16(9-15)11-28(21(17)31)18-3-4-19(29)25-20(18)30/h1-2,9,18,24H,3-8,10-11,13-14H2,(H,25,29,30). The van der Waals surface area contributed by atoms with Gasteiger partial charge in [-0.1, -0.05) is 12.1 Å². The summed E-state index contributed by atoms with van der Waals surface area (Å²) < 4.78 is 0. The fourth-order valence-electron chi connectivity index (χ4n) is 5.05. The Labute approximate surface area is 181 Å². The summed E-state index contributed by atoms with van der Waals surface area (Å²) in [5.74, 6) is -0.796. The summed E-state index contributed by atoms with van der Waals surface area (Å²) in [5, 5.41) is 15.1. The van der Waals surface area contributed by atoms with Gasteiger partial charge in [-0.2, -0.15) is 5.26 Å². The first kappa shape index (κ1) is 20.1. The normalized spacial score (nSPS) is 26.2. The Kier molecular flexibility index (Phi) is 5.01. The Morgan fingerprint density at radius 1 is 1.13 bits per heavy atom. The summed E-state index contributed by atoms with van der Waals surface area (Å²) in [6.45, 7) is 6.25. The lowest BCUT2D eigenvalue weighted by Gasteiger charge is -2.48. The largest absolute Gasteiger partial charge is 0.322 e. The van der Waals surface area contributed by atoms with Gasteiger partial charge in [0.25, 0.3) is 5.91 Å². The number of fused-ring (bicyclic) bond motifs is 1. The van der Waals surface area contributed by atoms with Gasteiger partial charge >= 0.3 is 0 Å². The maximum absolute atomic E-state index is 12.8. The molecule has 3 saturated heterocycles. The van der Waals surface area contributed by atoms with Crippen molar-refractivity contribution < 1.29 is 14.4 Å². The lowest BCUT2D eigenvalue weighted by molar-refractivity contribution is -0.136. The van der Waals surface area contributed by atoms with E-state index in [1.807, 2.05) is 12.1 Å². The van der Waals surface area contributed by atoms with Crippen molar-refractivity contribution in [3.8, 4) is 6.07 Å². The molecule has 4 heterocycles. The number of carbonyl (C=O) groups is 3. The van der Waals surface area contributed by atoms with Gasteiger partial charge in [0.15, 0.2) is 0 Å². The number of nitriles is 1. The number of piperazine rings is 1. The third-order valence-corrected chi connectivity index (χ3v) is 7.01. The van der Waals surface area contributed by atoms with Crippen LogP contribution in [0, 0.1) is 11.3 Å². The summed E-state index contributed by atoms with van der Waals surface area (Å²) in [7, 11) is 0. The molecule has 0 aromatic heterocycles. The highest BCUT2D eigenvalue weighted by atomic mass is 16.2. The van der Waals surface area contributed by atoms with E-state index in [-0.39, 0.29) is 29.7 Å². The molecule has 9 heteroatoms. The zero-order valence-electron chi connectivity index (χ0n) is 17.4. The van der Waals surface area contributed by atoms with Crippen molar-refractivity contribution >= 4 is 17.7 Å². The summed E-state index contributed by atoms with van der Waals surface area (Å²) in [6, 6.07) is 7.82. The second-order valence-corrected chi connectivity index (χ2v) is 8.90. The van der Waals surface area contributed by atoms with E-state index in [2.05, 4.69) is 32.6 Å². The zero-order chi connectivity index (χ0) is 21.6. The molecule has 3 amide bonds. The van der Waals surface area contributed by atoms with Gasteiger partial charge in [0.2, 0.25) is 11.8 Å². The molecule has 3 fully saturated rings. The molecule has 1 aromatic carbocycles. The molecule has 0 saturated carbocycles. The van der Waals surface area contributed by atoms with Crippen LogP contribution >= 0.6 is 0 Å². The topological polar surface area (TPSA) is 109 Å². The number of nitrogens with one attached hydrogen (secondary N) is 2. The van der Waals surface area contributed by atoms with E-state index in [1.54, 1.807) is 4.90 Å². The molecule has 0 spiro atoms. The number of imide groups is 1. The van der Waals surface area contributed by atoms with Gasteiger partial charge in [0.1, 0.15) is 11.6 Å². The van der Waals surface area contributed by atoms with Crippen molar-refractivity contribution in [1.29, 1.82) is 5.26 Å². The fraction of sp³-hybridized carbons (Fsp3) is 0.545. The molecule has 2 N–H and O–H groups in total. The van der Waals surface area contributed by atoms with Gasteiger partial charge in [-0.25, -0.2) is 0 Å². The van der Waals surface area contributed by atoms with Gasteiger partial charge < -0.3 is 10.2 Å². The lowest BCUT2D eigenvalue weighted by atomic mass is 9.91. The molecule has 1 atom stereocenters. The Bertz CT molecular complexity index is 974. The first-order chi connectivity index (χ1) is 15.0. The van der Waals surface area contributed by atoms with Crippen LogP contribution in [0.15, 0.2) is 18.2 Å². The average Bonchev–Trinajstić information content (AvgIpc) is 3.04. The fourth-order valence-corrected chi connectivity index (χ4v) is 5.05. The van der Waals surface area contributed by atoms with Crippen molar-refractivity contribution in [2.75, 3.05) is 39.3 Å². The second kappa shape index (κ2) is 7.71. The van der Waals surface area contributed by atoms with Crippen molar-refractivity contribution in [2.24, 2.45) is 0 Å². The number of hydrogen-bond donors (Lipinski definition) is 2. The van der Waals surface area contributed by atoms with E-state index >= 15 is 0 Å². The van der Waals surface area contributed by atoms with Gasteiger partial charge in [0, 0.05) is 64.3 Å². The van der Waals surface area contributed by atoms with Crippen LogP contribution in [-0.2, 0) is 22.7 Å². The molecular formula is C22H26N6O3. The van der Waals surface area contributed by atoms with E-state index in [4.69, 9.17) is 0 Å². The maximum atomic E-state index is 12.8. The third kappa shape index (κ3) is 3.51. The van der Waals surface area contributed by atoms with Crippen molar-refractivity contribution in [3.63, 3.8) is 0 Å². The van der Waals surface area contributed by atoms with Crippen LogP contribution in [0.25, 0.3) is 0 Å². The van der Waals surface area contributed by atoms with Gasteiger partial charge in [-0.05, 0) is 23.6 Å². The van der Waals surface area contributed by atoms with Gasteiger partial charge in [0.05, 0.1) is 6.07 Å². The van der Waals surface area contributed by atoms with E-state index in [0.717, 1.165) is 56.9 Å².